The van der Waals surface area contributed by atoms with Crippen LogP contribution in [0.4, 0.5) is 5.69 Å². The van der Waals surface area contributed by atoms with E-state index in [1.54, 1.807) is 24.3 Å². The minimum Gasteiger partial charge on any atom is -0.481 e. The molecule has 1 aromatic rings. The van der Waals surface area contributed by atoms with Crippen LogP contribution in [0.5, 0.6) is 0 Å². The zero-order valence-electron chi connectivity index (χ0n) is 10.3. The Morgan fingerprint density at radius 1 is 1.26 bits per heavy atom. The summed E-state index contributed by atoms with van der Waals surface area (Å²) in [7, 11) is 1.52. The van der Waals surface area contributed by atoms with E-state index in [-0.39, 0.29) is 23.3 Å². The van der Waals surface area contributed by atoms with Crippen LogP contribution in [0.25, 0.3) is 0 Å². The molecule has 0 aliphatic heterocycles. The standard InChI is InChI=1S/C12H14N2O4S/c1-13-12(18)8-3-2-4-9(5-8)14-10(15)6-19-7-11(16)17/h2-5H,6-7H2,1H3,(H,13,18)(H,14,15)(H,16,17). The first kappa shape index (κ1) is 15.0. The molecular formula is C12H14N2O4S. The van der Waals surface area contributed by atoms with Crippen LogP contribution in [0.1, 0.15) is 10.4 Å². The molecule has 2 amide bonds. The first-order valence-electron chi connectivity index (χ1n) is 5.44. The number of carboxylic acid groups (broad SMARTS) is 1. The van der Waals surface area contributed by atoms with Crippen LogP contribution in [-0.2, 0) is 9.59 Å². The van der Waals surface area contributed by atoms with Gasteiger partial charge in [0.1, 0.15) is 0 Å². The summed E-state index contributed by atoms with van der Waals surface area (Å²) < 4.78 is 0. The molecule has 0 saturated carbocycles. The van der Waals surface area contributed by atoms with Gasteiger partial charge in [0, 0.05) is 18.3 Å². The van der Waals surface area contributed by atoms with Crippen molar-refractivity contribution in [3.05, 3.63) is 29.8 Å². The number of hydrogen-bond donors (Lipinski definition) is 3. The summed E-state index contributed by atoms with van der Waals surface area (Å²) in [4.78, 5) is 33.2. The molecule has 19 heavy (non-hydrogen) atoms. The molecule has 0 fully saturated rings. The molecule has 1 rings (SSSR count). The molecule has 0 atom stereocenters. The van der Waals surface area contributed by atoms with Crippen molar-refractivity contribution in [1.29, 1.82) is 0 Å². The molecular weight excluding hydrogens is 268 g/mol. The van der Waals surface area contributed by atoms with Gasteiger partial charge in [0.05, 0.1) is 11.5 Å². The van der Waals surface area contributed by atoms with E-state index in [4.69, 9.17) is 5.11 Å². The van der Waals surface area contributed by atoms with Crippen LogP contribution in [0.15, 0.2) is 24.3 Å². The van der Waals surface area contributed by atoms with E-state index in [1.165, 1.54) is 7.05 Å². The molecule has 0 aliphatic rings. The summed E-state index contributed by atoms with van der Waals surface area (Å²) in [6.07, 6.45) is 0. The molecule has 0 radical (unpaired) electrons. The summed E-state index contributed by atoms with van der Waals surface area (Å²) in [5.74, 6) is -1.57. The monoisotopic (exact) mass is 282 g/mol. The van der Waals surface area contributed by atoms with Gasteiger partial charge >= 0.3 is 5.97 Å². The van der Waals surface area contributed by atoms with Gasteiger partial charge < -0.3 is 15.7 Å². The average molecular weight is 282 g/mol. The second-order valence-corrected chi connectivity index (χ2v) is 4.58. The molecule has 0 unspecified atom stereocenters. The first-order chi connectivity index (χ1) is 9.02. The fraction of sp³-hybridized carbons (Fsp3) is 0.250. The van der Waals surface area contributed by atoms with Crippen LogP contribution < -0.4 is 10.6 Å². The van der Waals surface area contributed by atoms with Gasteiger partial charge in [-0.1, -0.05) is 6.07 Å². The Kier molecular flexibility index (Phi) is 5.87. The predicted molar refractivity (Wildman–Crippen MR) is 73.4 cm³/mol. The highest BCUT2D eigenvalue weighted by Gasteiger charge is 2.07. The summed E-state index contributed by atoms with van der Waals surface area (Å²) in [6.45, 7) is 0. The van der Waals surface area contributed by atoms with E-state index < -0.39 is 5.97 Å². The molecule has 0 spiro atoms. The number of aliphatic carboxylic acids is 1. The number of hydrogen-bond acceptors (Lipinski definition) is 4. The number of thioether (sulfide) groups is 1. The summed E-state index contributed by atoms with van der Waals surface area (Å²) in [5.41, 5.74) is 0.945. The number of amides is 2. The number of rotatable bonds is 6. The Morgan fingerprint density at radius 3 is 2.63 bits per heavy atom. The highest BCUT2D eigenvalue weighted by Crippen LogP contribution is 2.11. The lowest BCUT2D eigenvalue weighted by molar-refractivity contribution is -0.133. The Labute approximate surface area is 114 Å². The van der Waals surface area contributed by atoms with E-state index in [2.05, 4.69) is 10.6 Å². The number of carbonyl (C=O) groups is 3. The quantitative estimate of drug-likeness (QED) is 0.717. The van der Waals surface area contributed by atoms with Crippen LogP contribution >= 0.6 is 11.8 Å². The van der Waals surface area contributed by atoms with Gasteiger partial charge in [-0.05, 0) is 18.2 Å². The fourth-order valence-corrected chi connectivity index (χ4v) is 1.84. The van der Waals surface area contributed by atoms with Gasteiger partial charge in [0.25, 0.3) is 5.91 Å². The molecule has 1 aromatic carbocycles. The minimum atomic E-state index is -0.959. The van der Waals surface area contributed by atoms with Crippen molar-refractivity contribution in [3.8, 4) is 0 Å². The molecule has 3 N–H and O–H groups in total. The lowest BCUT2D eigenvalue weighted by Crippen LogP contribution is -2.19. The van der Waals surface area contributed by atoms with Crippen LogP contribution in [0.2, 0.25) is 0 Å². The molecule has 0 bridgehead atoms. The number of benzene rings is 1. The van der Waals surface area contributed by atoms with Crippen molar-refractivity contribution < 1.29 is 19.5 Å². The smallest absolute Gasteiger partial charge is 0.313 e. The van der Waals surface area contributed by atoms with E-state index in [0.29, 0.717) is 11.3 Å². The molecule has 0 saturated heterocycles. The molecule has 102 valence electrons. The van der Waals surface area contributed by atoms with Gasteiger partial charge in [0.15, 0.2) is 0 Å². The second-order valence-electron chi connectivity index (χ2n) is 3.59. The van der Waals surface area contributed by atoms with Crippen molar-refractivity contribution in [3.63, 3.8) is 0 Å². The summed E-state index contributed by atoms with van der Waals surface area (Å²) in [6, 6.07) is 6.50. The van der Waals surface area contributed by atoms with Gasteiger partial charge in [-0.25, -0.2) is 0 Å². The predicted octanol–water partition coefficient (Wildman–Crippen LogP) is 0.802. The number of carboxylic acids is 1. The lowest BCUT2D eigenvalue weighted by atomic mass is 10.2. The Hall–Kier alpha value is -2.02. The Morgan fingerprint density at radius 2 is 2.00 bits per heavy atom. The normalized spacial score (nSPS) is 9.74. The minimum absolute atomic E-state index is 0.0521. The van der Waals surface area contributed by atoms with Crippen molar-refractivity contribution in [1.82, 2.24) is 5.32 Å². The Balaban J connectivity index is 2.54. The number of carbonyl (C=O) groups excluding carboxylic acids is 2. The fourth-order valence-electron chi connectivity index (χ4n) is 1.31. The van der Waals surface area contributed by atoms with Crippen molar-refractivity contribution in [2.75, 3.05) is 23.9 Å². The highest BCUT2D eigenvalue weighted by atomic mass is 32.2. The zero-order valence-corrected chi connectivity index (χ0v) is 11.1. The first-order valence-corrected chi connectivity index (χ1v) is 6.60. The third kappa shape index (κ3) is 5.43. The van der Waals surface area contributed by atoms with Crippen LogP contribution in [0.3, 0.4) is 0 Å². The maximum Gasteiger partial charge on any atom is 0.313 e. The Bertz CT molecular complexity index is 490. The van der Waals surface area contributed by atoms with Gasteiger partial charge in [-0.2, -0.15) is 0 Å². The summed E-state index contributed by atoms with van der Waals surface area (Å²) >= 11 is 1.01. The highest BCUT2D eigenvalue weighted by molar-refractivity contribution is 8.00. The third-order valence-corrected chi connectivity index (χ3v) is 3.01. The van der Waals surface area contributed by atoms with E-state index in [9.17, 15) is 14.4 Å². The molecule has 7 heteroatoms. The van der Waals surface area contributed by atoms with Gasteiger partial charge in [0.2, 0.25) is 5.91 Å². The number of anilines is 1. The van der Waals surface area contributed by atoms with Gasteiger partial charge in [-0.15, -0.1) is 11.8 Å². The van der Waals surface area contributed by atoms with E-state index in [1.807, 2.05) is 0 Å². The third-order valence-electron chi connectivity index (χ3n) is 2.09. The van der Waals surface area contributed by atoms with Crippen molar-refractivity contribution in [2.45, 2.75) is 0 Å². The zero-order chi connectivity index (χ0) is 14.3. The van der Waals surface area contributed by atoms with Crippen LogP contribution in [-0.4, -0.2) is 41.4 Å². The topological polar surface area (TPSA) is 95.5 Å². The maximum absolute atomic E-state index is 11.5. The van der Waals surface area contributed by atoms with Crippen molar-refractivity contribution >= 4 is 35.2 Å². The van der Waals surface area contributed by atoms with Crippen molar-refractivity contribution in [2.24, 2.45) is 0 Å². The summed E-state index contributed by atoms with van der Waals surface area (Å²) in [5, 5.41) is 13.5. The second kappa shape index (κ2) is 7.42. The molecule has 0 heterocycles. The maximum atomic E-state index is 11.5. The van der Waals surface area contributed by atoms with Crippen LogP contribution in [0, 0.1) is 0 Å². The van der Waals surface area contributed by atoms with Gasteiger partial charge in [-0.3, -0.25) is 14.4 Å². The lowest BCUT2D eigenvalue weighted by Gasteiger charge is -2.06. The van der Waals surface area contributed by atoms with E-state index in [0.717, 1.165) is 11.8 Å². The SMILES string of the molecule is CNC(=O)c1cccc(NC(=O)CSCC(=O)O)c1. The average Bonchev–Trinajstić information content (AvgIpc) is 2.37. The largest absolute Gasteiger partial charge is 0.481 e. The van der Waals surface area contributed by atoms with E-state index >= 15 is 0 Å². The molecule has 0 aliphatic carbocycles. The molecule has 6 nitrogen and oxygen atoms in total. The number of nitrogens with one attached hydrogen (secondary N) is 2. The molecule has 0 aromatic heterocycles.